The third kappa shape index (κ3) is 4.87. The van der Waals surface area contributed by atoms with Crippen LogP contribution in [-0.4, -0.2) is 26.9 Å². The lowest BCUT2D eigenvalue weighted by Crippen LogP contribution is -2.20. The summed E-state index contributed by atoms with van der Waals surface area (Å²) >= 11 is 6.20. The van der Waals surface area contributed by atoms with Gasteiger partial charge in [0.25, 0.3) is 0 Å². The molecule has 0 saturated carbocycles. The fourth-order valence-electron chi connectivity index (χ4n) is 2.44. The number of hydrogen-bond donors (Lipinski definition) is 2. The first-order valence-corrected chi connectivity index (χ1v) is 8.32. The Morgan fingerprint density at radius 2 is 1.77 bits per heavy atom. The summed E-state index contributed by atoms with van der Waals surface area (Å²) in [6.45, 7) is 1.11. The van der Waals surface area contributed by atoms with Crippen LogP contribution < -0.4 is 11.1 Å². The molecule has 1 aromatic heterocycles. The van der Waals surface area contributed by atoms with Gasteiger partial charge in [-0.05, 0) is 42.9 Å². The molecule has 0 atom stereocenters. The maximum atomic E-state index is 13.0. The van der Waals surface area contributed by atoms with Crippen molar-refractivity contribution in [3.8, 4) is 0 Å². The highest BCUT2D eigenvalue weighted by molar-refractivity contribution is 6.31. The van der Waals surface area contributed by atoms with Crippen molar-refractivity contribution < 1.29 is 4.39 Å². The minimum absolute atomic E-state index is 0.116. The Balaban J connectivity index is 1.70. The Morgan fingerprint density at radius 1 is 1.04 bits per heavy atom. The highest BCUT2D eigenvalue weighted by Crippen LogP contribution is 2.18. The van der Waals surface area contributed by atoms with E-state index in [9.17, 15) is 4.39 Å². The molecule has 0 aliphatic carbocycles. The molecule has 2 aromatic carbocycles. The largest absolute Gasteiger partial charge is 0.368 e. The van der Waals surface area contributed by atoms with Crippen LogP contribution in [-0.2, 0) is 13.1 Å². The molecule has 6 nitrogen and oxygen atoms in total. The highest BCUT2D eigenvalue weighted by Gasteiger charge is 2.10. The maximum Gasteiger partial charge on any atom is 0.232 e. The van der Waals surface area contributed by atoms with Gasteiger partial charge in [0.05, 0.1) is 6.54 Å². The predicted octanol–water partition coefficient (Wildman–Crippen LogP) is 3.62. The van der Waals surface area contributed by atoms with E-state index < -0.39 is 0 Å². The molecule has 0 unspecified atom stereocenters. The Morgan fingerprint density at radius 3 is 2.50 bits per heavy atom. The lowest BCUT2D eigenvalue weighted by molar-refractivity contribution is 0.310. The Bertz CT molecular complexity index is 887. The number of rotatable bonds is 6. The SMILES string of the molecule is CN(Cc1nc(N)nc(Nc2ccc(F)cc2)n1)Cc1ccccc1Cl. The molecule has 0 amide bonds. The fraction of sp³-hybridized carbons (Fsp3) is 0.167. The number of aromatic nitrogens is 3. The molecule has 0 saturated heterocycles. The van der Waals surface area contributed by atoms with E-state index in [0.29, 0.717) is 35.6 Å². The third-order valence-corrected chi connectivity index (χ3v) is 3.98. The quantitative estimate of drug-likeness (QED) is 0.688. The van der Waals surface area contributed by atoms with Crippen LogP contribution in [0, 0.1) is 5.82 Å². The van der Waals surface area contributed by atoms with E-state index in [1.807, 2.05) is 36.2 Å². The number of anilines is 3. The first-order chi connectivity index (χ1) is 12.5. The molecule has 0 spiro atoms. The summed E-state index contributed by atoms with van der Waals surface area (Å²) in [5.41, 5.74) is 7.46. The Hall–Kier alpha value is -2.77. The number of halogens is 2. The maximum absolute atomic E-state index is 13.0. The van der Waals surface area contributed by atoms with E-state index in [-0.39, 0.29) is 11.8 Å². The first-order valence-electron chi connectivity index (χ1n) is 7.94. The molecule has 26 heavy (non-hydrogen) atoms. The number of nitrogens with zero attached hydrogens (tertiary/aromatic N) is 4. The van der Waals surface area contributed by atoms with Gasteiger partial charge in [-0.3, -0.25) is 4.90 Å². The van der Waals surface area contributed by atoms with Gasteiger partial charge in [-0.2, -0.15) is 15.0 Å². The van der Waals surface area contributed by atoms with Gasteiger partial charge < -0.3 is 11.1 Å². The molecule has 3 rings (SSSR count). The van der Waals surface area contributed by atoms with Gasteiger partial charge in [0, 0.05) is 17.3 Å². The van der Waals surface area contributed by atoms with E-state index in [1.165, 1.54) is 12.1 Å². The molecule has 0 radical (unpaired) electrons. The molecule has 0 bridgehead atoms. The zero-order chi connectivity index (χ0) is 18.5. The zero-order valence-corrected chi connectivity index (χ0v) is 14.9. The normalized spacial score (nSPS) is 10.9. The average Bonchev–Trinajstić information content (AvgIpc) is 2.58. The second-order valence-corrected chi connectivity index (χ2v) is 6.24. The number of nitrogens with two attached hydrogens (primary N) is 1. The van der Waals surface area contributed by atoms with Crippen LogP contribution in [0.1, 0.15) is 11.4 Å². The molecule has 8 heteroatoms. The third-order valence-electron chi connectivity index (χ3n) is 3.61. The molecule has 1 heterocycles. The van der Waals surface area contributed by atoms with Crippen LogP contribution in [0.4, 0.5) is 22.0 Å². The van der Waals surface area contributed by atoms with Crippen LogP contribution in [0.2, 0.25) is 5.02 Å². The van der Waals surface area contributed by atoms with Gasteiger partial charge in [0.2, 0.25) is 11.9 Å². The zero-order valence-electron chi connectivity index (χ0n) is 14.2. The first kappa shape index (κ1) is 18.0. The van der Waals surface area contributed by atoms with E-state index >= 15 is 0 Å². The van der Waals surface area contributed by atoms with E-state index in [2.05, 4.69) is 20.3 Å². The number of nitrogen functional groups attached to an aromatic ring is 1. The molecular weight excluding hydrogens is 355 g/mol. The monoisotopic (exact) mass is 372 g/mol. The number of hydrogen-bond acceptors (Lipinski definition) is 6. The summed E-state index contributed by atoms with van der Waals surface area (Å²) in [5, 5.41) is 3.71. The van der Waals surface area contributed by atoms with Crippen LogP contribution in [0.3, 0.4) is 0 Å². The van der Waals surface area contributed by atoms with Crippen molar-refractivity contribution in [1.29, 1.82) is 0 Å². The molecule has 3 aromatic rings. The summed E-state index contributed by atoms with van der Waals surface area (Å²) in [4.78, 5) is 14.6. The van der Waals surface area contributed by atoms with Gasteiger partial charge in [0.1, 0.15) is 11.6 Å². The van der Waals surface area contributed by atoms with Crippen LogP contribution in [0.25, 0.3) is 0 Å². The van der Waals surface area contributed by atoms with Crippen molar-refractivity contribution in [2.75, 3.05) is 18.1 Å². The van der Waals surface area contributed by atoms with E-state index in [0.717, 1.165) is 5.56 Å². The fourth-order valence-corrected chi connectivity index (χ4v) is 2.64. The van der Waals surface area contributed by atoms with Crippen molar-refractivity contribution in [2.24, 2.45) is 0 Å². The molecule has 134 valence electrons. The summed E-state index contributed by atoms with van der Waals surface area (Å²) in [7, 11) is 1.94. The van der Waals surface area contributed by atoms with E-state index in [4.69, 9.17) is 17.3 Å². The number of nitrogens with one attached hydrogen (secondary N) is 1. The van der Waals surface area contributed by atoms with Gasteiger partial charge in [-0.25, -0.2) is 4.39 Å². The summed E-state index contributed by atoms with van der Waals surface area (Å²) in [6.07, 6.45) is 0. The Kier molecular flexibility index (Phi) is 5.60. The summed E-state index contributed by atoms with van der Waals surface area (Å²) < 4.78 is 13.0. The second-order valence-electron chi connectivity index (χ2n) is 5.83. The van der Waals surface area contributed by atoms with Gasteiger partial charge in [-0.15, -0.1) is 0 Å². The number of benzene rings is 2. The van der Waals surface area contributed by atoms with Gasteiger partial charge in [0.15, 0.2) is 0 Å². The van der Waals surface area contributed by atoms with Crippen LogP contribution in [0.15, 0.2) is 48.5 Å². The smallest absolute Gasteiger partial charge is 0.232 e. The molecular formula is C18H18ClFN6. The standard InChI is InChI=1S/C18H18ClFN6/c1-26(10-12-4-2-3-5-15(12)19)11-16-23-17(21)25-18(24-16)22-14-8-6-13(20)7-9-14/h2-9H,10-11H2,1H3,(H3,21,22,23,24,25). The molecule has 0 aliphatic rings. The van der Waals surface area contributed by atoms with E-state index in [1.54, 1.807) is 12.1 Å². The summed E-state index contributed by atoms with van der Waals surface area (Å²) in [6, 6.07) is 13.6. The minimum atomic E-state index is -0.312. The van der Waals surface area contributed by atoms with Crippen molar-refractivity contribution in [3.63, 3.8) is 0 Å². The molecule has 3 N–H and O–H groups in total. The topological polar surface area (TPSA) is 80.0 Å². The average molecular weight is 373 g/mol. The lowest BCUT2D eigenvalue weighted by Gasteiger charge is -2.17. The lowest BCUT2D eigenvalue weighted by atomic mass is 10.2. The minimum Gasteiger partial charge on any atom is -0.368 e. The Labute approximate surface area is 155 Å². The predicted molar refractivity (Wildman–Crippen MR) is 101 cm³/mol. The van der Waals surface area contributed by atoms with Crippen LogP contribution in [0.5, 0.6) is 0 Å². The molecule has 0 fully saturated rings. The second kappa shape index (κ2) is 8.07. The van der Waals surface area contributed by atoms with Crippen molar-refractivity contribution >= 4 is 29.2 Å². The van der Waals surface area contributed by atoms with Crippen molar-refractivity contribution in [1.82, 2.24) is 19.9 Å². The van der Waals surface area contributed by atoms with Gasteiger partial charge in [-0.1, -0.05) is 29.8 Å². The highest BCUT2D eigenvalue weighted by atomic mass is 35.5. The summed E-state index contributed by atoms with van der Waals surface area (Å²) in [5.74, 6) is 0.639. The van der Waals surface area contributed by atoms with Crippen LogP contribution >= 0.6 is 11.6 Å². The van der Waals surface area contributed by atoms with Crippen molar-refractivity contribution in [3.05, 3.63) is 70.8 Å². The molecule has 0 aliphatic heterocycles. The van der Waals surface area contributed by atoms with Gasteiger partial charge >= 0.3 is 0 Å². The van der Waals surface area contributed by atoms with Crippen molar-refractivity contribution in [2.45, 2.75) is 13.1 Å².